The maximum absolute atomic E-state index is 13.7. The fourth-order valence-electron chi connectivity index (χ4n) is 2.75. The molecule has 1 heterocycles. The van der Waals surface area contributed by atoms with Gasteiger partial charge in [-0.05, 0) is 30.5 Å². The summed E-state index contributed by atoms with van der Waals surface area (Å²) in [5, 5.41) is 3.86. The van der Waals surface area contributed by atoms with Crippen LogP contribution in [-0.2, 0) is 6.18 Å². The van der Waals surface area contributed by atoms with Crippen LogP contribution in [0, 0.1) is 12.3 Å². The Morgan fingerprint density at radius 3 is 2.42 bits per heavy atom. The molecule has 0 fully saturated rings. The van der Waals surface area contributed by atoms with E-state index in [1.54, 1.807) is 25.1 Å². The number of aryl methyl sites for hydroxylation is 1. The Balaban J connectivity index is 2.51. The van der Waals surface area contributed by atoms with Crippen molar-refractivity contribution in [2.75, 3.05) is 20.1 Å². The molecule has 0 atom stereocenters. The Hall–Kier alpha value is -2.35. The Labute approximate surface area is 150 Å². The molecule has 0 radical (unpaired) electrons. The van der Waals surface area contributed by atoms with E-state index in [2.05, 4.69) is 5.10 Å². The highest BCUT2D eigenvalue weighted by molar-refractivity contribution is 5.95. The highest BCUT2D eigenvalue weighted by Crippen LogP contribution is 2.35. The Morgan fingerprint density at radius 2 is 1.88 bits per heavy atom. The minimum absolute atomic E-state index is 0.231. The van der Waals surface area contributed by atoms with E-state index >= 15 is 0 Å². The minimum atomic E-state index is -4.73. The molecule has 142 valence electrons. The van der Waals surface area contributed by atoms with Gasteiger partial charge >= 0.3 is 6.18 Å². The number of amides is 1. The maximum Gasteiger partial charge on any atom is 0.434 e. The summed E-state index contributed by atoms with van der Waals surface area (Å²) in [4.78, 5) is 13.9. The molecule has 1 aromatic carbocycles. The zero-order chi connectivity index (χ0) is 19.7. The van der Waals surface area contributed by atoms with Gasteiger partial charge in [-0.3, -0.25) is 4.79 Å². The number of nitrogens with two attached hydrogens (primary N) is 1. The predicted octanol–water partition coefficient (Wildman–Crippen LogP) is 3.26. The van der Waals surface area contributed by atoms with Crippen molar-refractivity contribution in [2.24, 2.45) is 11.1 Å². The average Bonchev–Trinajstić information content (AvgIpc) is 2.99. The summed E-state index contributed by atoms with van der Waals surface area (Å²) in [7, 11) is 1.46. The van der Waals surface area contributed by atoms with Gasteiger partial charge in [-0.1, -0.05) is 32.0 Å². The van der Waals surface area contributed by atoms with Crippen molar-refractivity contribution in [3.8, 4) is 5.69 Å². The number of para-hydroxylation sites is 1. The van der Waals surface area contributed by atoms with Gasteiger partial charge in [0.2, 0.25) is 0 Å². The number of rotatable bonds is 5. The molecule has 2 N–H and O–H groups in total. The van der Waals surface area contributed by atoms with E-state index in [9.17, 15) is 18.0 Å². The fourth-order valence-corrected chi connectivity index (χ4v) is 2.75. The smallest absolute Gasteiger partial charge is 0.341 e. The van der Waals surface area contributed by atoms with Crippen LogP contribution in [0.4, 0.5) is 13.2 Å². The SMILES string of the molecule is Cc1ccccc1-n1ncc(C(=O)N(C)CC(C)(C)CN)c1C(F)(F)F. The van der Waals surface area contributed by atoms with Crippen molar-refractivity contribution in [2.45, 2.75) is 26.9 Å². The molecule has 1 amide bonds. The molecule has 0 saturated carbocycles. The van der Waals surface area contributed by atoms with E-state index in [1.807, 2.05) is 13.8 Å². The molecule has 5 nitrogen and oxygen atoms in total. The largest absolute Gasteiger partial charge is 0.434 e. The van der Waals surface area contributed by atoms with Crippen LogP contribution in [0.3, 0.4) is 0 Å². The van der Waals surface area contributed by atoms with Gasteiger partial charge in [0.15, 0.2) is 5.69 Å². The van der Waals surface area contributed by atoms with E-state index in [0.29, 0.717) is 12.1 Å². The number of halogens is 3. The highest BCUT2D eigenvalue weighted by Gasteiger charge is 2.41. The number of hydrogen-bond acceptors (Lipinski definition) is 3. The van der Waals surface area contributed by atoms with Gasteiger partial charge in [-0.25, -0.2) is 4.68 Å². The molecule has 0 aliphatic heterocycles. The molecule has 0 unspecified atom stereocenters. The summed E-state index contributed by atoms with van der Waals surface area (Å²) in [5.74, 6) is -0.737. The van der Waals surface area contributed by atoms with Crippen molar-refractivity contribution in [3.63, 3.8) is 0 Å². The normalized spacial score (nSPS) is 12.3. The second kappa shape index (κ2) is 7.11. The zero-order valence-electron chi connectivity index (χ0n) is 15.3. The van der Waals surface area contributed by atoms with E-state index in [-0.39, 0.29) is 12.2 Å². The third-order valence-electron chi connectivity index (χ3n) is 4.18. The van der Waals surface area contributed by atoms with Gasteiger partial charge in [-0.2, -0.15) is 18.3 Å². The summed E-state index contributed by atoms with van der Waals surface area (Å²) in [6, 6.07) is 6.58. The maximum atomic E-state index is 13.7. The molecule has 1 aromatic heterocycles. The van der Waals surface area contributed by atoms with Crippen LogP contribution in [0.2, 0.25) is 0 Å². The topological polar surface area (TPSA) is 64.2 Å². The van der Waals surface area contributed by atoms with Gasteiger partial charge in [0, 0.05) is 13.6 Å². The molecule has 2 rings (SSSR count). The molecule has 26 heavy (non-hydrogen) atoms. The third kappa shape index (κ3) is 4.07. The van der Waals surface area contributed by atoms with Crippen molar-refractivity contribution in [1.29, 1.82) is 0 Å². The molecule has 2 aromatic rings. The van der Waals surface area contributed by atoms with Crippen LogP contribution in [0.1, 0.15) is 35.5 Å². The predicted molar refractivity (Wildman–Crippen MR) is 93.1 cm³/mol. The Kier molecular flexibility index (Phi) is 5.46. The number of aromatic nitrogens is 2. The van der Waals surface area contributed by atoms with Crippen LogP contribution in [0.5, 0.6) is 0 Å². The van der Waals surface area contributed by atoms with Crippen molar-refractivity contribution < 1.29 is 18.0 Å². The van der Waals surface area contributed by atoms with E-state index in [0.717, 1.165) is 10.9 Å². The van der Waals surface area contributed by atoms with Crippen LogP contribution >= 0.6 is 0 Å². The number of nitrogens with zero attached hydrogens (tertiary/aromatic N) is 3. The second-order valence-electron chi connectivity index (χ2n) is 7.13. The molecule has 0 saturated heterocycles. The molecular formula is C18H23F3N4O. The average molecular weight is 368 g/mol. The van der Waals surface area contributed by atoms with Gasteiger partial charge in [0.05, 0.1) is 17.4 Å². The summed E-state index contributed by atoms with van der Waals surface area (Å²) >= 11 is 0. The standard InChI is InChI=1S/C18H23F3N4O/c1-12-7-5-6-8-14(12)25-15(18(19,20)21)13(9-23-25)16(26)24(4)11-17(2,3)10-22/h5-9H,10-11,22H2,1-4H3. The number of benzene rings is 1. The first kappa shape index (κ1) is 20.0. The summed E-state index contributed by atoms with van der Waals surface area (Å²) in [5.41, 5.74) is 4.60. The second-order valence-corrected chi connectivity index (χ2v) is 7.13. The van der Waals surface area contributed by atoms with Gasteiger partial charge < -0.3 is 10.6 Å². The van der Waals surface area contributed by atoms with Crippen LogP contribution in [-0.4, -0.2) is 40.7 Å². The Bertz CT molecular complexity index is 796. The number of alkyl halides is 3. The molecule has 8 heteroatoms. The zero-order valence-corrected chi connectivity index (χ0v) is 15.3. The first-order chi connectivity index (χ1) is 12.0. The van der Waals surface area contributed by atoms with Crippen molar-refractivity contribution in [3.05, 3.63) is 47.3 Å². The number of carbonyl (C=O) groups excluding carboxylic acids is 1. The lowest BCUT2D eigenvalue weighted by Gasteiger charge is -2.29. The molecular weight excluding hydrogens is 345 g/mol. The minimum Gasteiger partial charge on any atom is -0.341 e. The molecule has 0 aliphatic carbocycles. The van der Waals surface area contributed by atoms with Gasteiger partial charge in [-0.15, -0.1) is 0 Å². The van der Waals surface area contributed by atoms with Crippen LogP contribution < -0.4 is 5.73 Å². The molecule has 0 aliphatic rings. The lowest BCUT2D eigenvalue weighted by atomic mass is 9.93. The monoisotopic (exact) mass is 368 g/mol. The number of hydrogen-bond donors (Lipinski definition) is 1. The highest BCUT2D eigenvalue weighted by atomic mass is 19.4. The van der Waals surface area contributed by atoms with Gasteiger partial charge in [0.25, 0.3) is 5.91 Å². The fraction of sp³-hybridized carbons (Fsp3) is 0.444. The summed E-state index contributed by atoms with van der Waals surface area (Å²) < 4.78 is 42.0. The first-order valence-corrected chi connectivity index (χ1v) is 8.14. The lowest BCUT2D eigenvalue weighted by molar-refractivity contribution is -0.143. The van der Waals surface area contributed by atoms with E-state index in [1.165, 1.54) is 18.0 Å². The van der Waals surface area contributed by atoms with E-state index < -0.39 is 28.8 Å². The third-order valence-corrected chi connectivity index (χ3v) is 4.18. The lowest BCUT2D eigenvalue weighted by Crippen LogP contribution is -2.40. The first-order valence-electron chi connectivity index (χ1n) is 8.14. The summed E-state index contributed by atoms with van der Waals surface area (Å²) in [6.07, 6.45) is -3.75. The van der Waals surface area contributed by atoms with Crippen molar-refractivity contribution >= 4 is 5.91 Å². The number of carbonyl (C=O) groups is 1. The summed E-state index contributed by atoms with van der Waals surface area (Å²) in [6.45, 7) is 5.92. The molecule has 0 spiro atoms. The Morgan fingerprint density at radius 1 is 1.27 bits per heavy atom. The van der Waals surface area contributed by atoms with Crippen LogP contribution in [0.25, 0.3) is 5.69 Å². The van der Waals surface area contributed by atoms with Crippen molar-refractivity contribution in [1.82, 2.24) is 14.7 Å². The van der Waals surface area contributed by atoms with E-state index in [4.69, 9.17) is 5.73 Å². The van der Waals surface area contributed by atoms with Gasteiger partial charge in [0.1, 0.15) is 0 Å². The molecule has 0 bridgehead atoms. The quantitative estimate of drug-likeness (QED) is 0.881. The van der Waals surface area contributed by atoms with Crippen LogP contribution in [0.15, 0.2) is 30.5 Å².